The van der Waals surface area contributed by atoms with Gasteiger partial charge < -0.3 is 19.5 Å². The van der Waals surface area contributed by atoms with Gasteiger partial charge in [0.05, 0.1) is 13.0 Å². The number of nitrogens with zero attached hydrogens (tertiary/aromatic N) is 1. The lowest BCUT2D eigenvalue weighted by Gasteiger charge is -2.39. The van der Waals surface area contributed by atoms with Gasteiger partial charge in [-0.15, -0.1) is 0 Å². The molecule has 0 amide bonds. The van der Waals surface area contributed by atoms with E-state index in [2.05, 4.69) is 24.0 Å². The van der Waals surface area contributed by atoms with Crippen molar-refractivity contribution in [2.45, 2.75) is 44.6 Å². The van der Waals surface area contributed by atoms with Gasteiger partial charge in [0.2, 0.25) is 0 Å². The SMILES string of the molecule is CCc1cccc(Cl)c1COc1ccc2c(c1)OCC21CCCN(CCC(=O)O)C1. The van der Waals surface area contributed by atoms with Crippen LogP contribution in [0.4, 0.5) is 0 Å². The van der Waals surface area contributed by atoms with E-state index in [1.54, 1.807) is 0 Å². The van der Waals surface area contributed by atoms with Crippen LogP contribution < -0.4 is 9.47 Å². The van der Waals surface area contributed by atoms with E-state index in [0.29, 0.717) is 19.8 Å². The summed E-state index contributed by atoms with van der Waals surface area (Å²) in [7, 11) is 0. The van der Waals surface area contributed by atoms with Gasteiger partial charge in [0.25, 0.3) is 0 Å². The molecule has 0 radical (unpaired) electrons. The molecule has 30 heavy (non-hydrogen) atoms. The summed E-state index contributed by atoms with van der Waals surface area (Å²) >= 11 is 6.38. The van der Waals surface area contributed by atoms with Gasteiger partial charge in [0, 0.05) is 40.7 Å². The van der Waals surface area contributed by atoms with Crippen molar-refractivity contribution < 1.29 is 19.4 Å². The smallest absolute Gasteiger partial charge is 0.304 e. The maximum atomic E-state index is 10.9. The molecule has 0 aromatic heterocycles. The Morgan fingerprint density at radius 1 is 1.33 bits per heavy atom. The first-order valence-electron chi connectivity index (χ1n) is 10.6. The van der Waals surface area contributed by atoms with Crippen molar-refractivity contribution in [2.75, 3.05) is 26.2 Å². The van der Waals surface area contributed by atoms with Crippen LogP contribution in [0.2, 0.25) is 5.02 Å². The van der Waals surface area contributed by atoms with Crippen molar-refractivity contribution in [3.05, 3.63) is 58.1 Å². The van der Waals surface area contributed by atoms with Gasteiger partial charge in [-0.2, -0.15) is 0 Å². The van der Waals surface area contributed by atoms with Gasteiger partial charge in [0.15, 0.2) is 0 Å². The third kappa shape index (κ3) is 4.28. The lowest BCUT2D eigenvalue weighted by molar-refractivity contribution is -0.137. The van der Waals surface area contributed by atoms with Crippen LogP contribution in [0.1, 0.15) is 42.9 Å². The number of aliphatic carboxylic acids is 1. The molecule has 4 rings (SSSR count). The number of carbonyl (C=O) groups is 1. The third-order valence-electron chi connectivity index (χ3n) is 6.31. The normalized spacial score (nSPS) is 20.7. The Hall–Kier alpha value is -2.24. The zero-order valence-electron chi connectivity index (χ0n) is 17.3. The Bertz CT molecular complexity index is 931. The summed E-state index contributed by atoms with van der Waals surface area (Å²) < 4.78 is 12.1. The van der Waals surface area contributed by atoms with E-state index < -0.39 is 5.97 Å². The molecular weight excluding hydrogens is 402 g/mol. The second-order valence-corrected chi connectivity index (χ2v) is 8.68. The van der Waals surface area contributed by atoms with Crippen LogP contribution in [0, 0.1) is 0 Å². The predicted molar refractivity (Wildman–Crippen MR) is 117 cm³/mol. The molecule has 2 aliphatic rings. The lowest BCUT2D eigenvalue weighted by Crippen LogP contribution is -2.47. The number of rotatable bonds is 7. The summed E-state index contributed by atoms with van der Waals surface area (Å²) in [6, 6.07) is 12.0. The van der Waals surface area contributed by atoms with Gasteiger partial charge in [-0.05, 0) is 43.5 Å². The number of halogens is 1. The van der Waals surface area contributed by atoms with E-state index in [-0.39, 0.29) is 11.8 Å². The molecule has 1 N–H and O–H groups in total. The zero-order chi connectivity index (χ0) is 21.1. The number of benzene rings is 2. The number of aryl methyl sites for hydroxylation is 1. The van der Waals surface area contributed by atoms with E-state index in [0.717, 1.165) is 54.4 Å². The molecule has 0 aliphatic carbocycles. The summed E-state index contributed by atoms with van der Waals surface area (Å²) in [6.07, 6.45) is 3.20. The standard InChI is InChI=1S/C24H28ClNO4/c1-2-17-5-3-6-21(25)19(17)14-29-18-7-8-20-22(13-18)30-16-24(20)10-4-11-26(15-24)12-9-23(27)28/h3,5-8,13H,2,4,9-12,14-16H2,1H3,(H,27,28). The van der Waals surface area contributed by atoms with E-state index in [9.17, 15) is 4.79 Å². The number of hydrogen-bond donors (Lipinski definition) is 1. The Labute approximate surface area is 182 Å². The lowest BCUT2D eigenvalue weighted by atomic mass is 9.75. The van der Waals surface area contributed by atoms with Crippen LogP contribution >= 0.6 is 11.6 Å². The Morgan fingerprint density at radius 3 is 3.00 bits per heavy atom. The average molecular weight is 430 g/mol. The predicted octanol–water partition coefficient (Wildman–Crippen LogP) is 4.68. The molecule has 160 valence electrons. The van der Waals surface area contributed by atoms with E-state index in [1.165, 1.54) is 11.1 Å². The number of carboxylic acid groups (broad SMARTS) is 1. The van der Waals surface area contributed by atoms with E-state index in [4.69, 9.17) is 26.2 Å². The Kier molecular flexibility index (Phi) is 6.21. The maximum Gasteiger partial charge on any atom is 0.304 e. The number of ether oxygens (including phenoxy) is 2. The number of likely N-dealkylation sites (tertiary alicyclic amines) is 1. The first-order chi connectivity index (χ1) is 14.5. The summed E-state index contributed by atoms with van der Waals surface area (Å²) in [5.41, 5.74) is 3.38. The number of carboxylic acids is 1. The van der Waals surface area contributed by atoms with E-state index in [1.807, 2.05) is 24.3 Å². The fraction of sp³-hybridized carbons (Fsp3) is 0.458. The molecule has 1 spiro atoms. The van der Waals surface area contributed by atoms with Gasteiger partial charge in [0.1, 0.15) is 18.1 Å². The molecule has 2 aliphatic heterocycles. The van der Waals surface area contributed by atoms with Crippen LogP contribution in [0.15, 0.2) is 36.4 Å². The highest BCUT2D eigenvalue weighted by molar-refractivity contribution is 6.31. The van der Waals surface area contributed by atoms with Crippen LogP contribution in [0.25, 0.3) is 0 Å². The largest absolute Gasteiger partial charge is 0.492 e. The topological polar surface area (TPSA) is 59.0 Å². The fourth-order valence-electron chi connectivity index (χ4n) is 4.70. The van der Waals surface area contributed by atoms with Crippen molar-refractivity contribution in [1.29, 1.82) is 0 Å². The number of fused-ring (bicyclic) bond motifs is 2. The highest BCUT2D eigenvalue weighted by atomic mass is 35.5. The first kappa shape index (κ1) is 21.0. The molecule has 1 unspecified atom stereocenters. The number of hydrogen-bond acceptors (Lipinski definition) is 4. The minimum Gasteiger partial charge on any atom is -0.492 e. The molecule has 2 aromatic carbocycles. The van der Waals surface area contributed by atoms with E-state index >= 15 is 0 Å². The summed E-state index contributed by atoms with van der Waals surface area (Å²) in [4.78, 5) is 13.2. The molecule has 6 heteroatoms. The van der Waals surface area contributed by atoms with Crippen LogP contribution in [0.5, 0.6) is 11.5 Å². The number of piperidine rings is 1. The van der Waals surface area contributed by atoms with Crippen LogP contribution in [0.3, 0.4) is 0 Å². The van der Waals surface area contributed by atoms with Gasteiger partial charge in [-0.25, -0.2) is 0 Å². The van der Waals surface area contributed by atoms with Crippen molar-refractivity contribution in [3.63, 3.8) is 0 Å². The summed E-state index contributed by atoms with van der Waals surface area (Å²) in [5.74, 6) is 0.901. The quantitative estimate of drug-likeness (QED) is 0.692. The highest BCUT2D eigenvalue weighted by Crippen LogP contribution is 2.45. The molecular formula is C24H28ClNO4. The van der Waals surface area contributed by atoms with Crippen LogP contribution in [-0.2, 0) is 23.2 Å². The molecule has 1 saturated heterocycles. The second kappa shape index (κ2) is 8.86. The Morgan fingerprint density at radius 2 is 2.20 bits per heavy atom. The minimum atomic E-state index is -0.746. The monoisotopic (exact) mass is 429 g/mol. The minimum absolute atomic E-state index is 0.0528. The molecule has 2 heterocycles. The molecule has 2 aromatic rings. The Balaban J connectivity index is 1.47. The zero-order valence-corrected chi connectivity index (χ0v) is 18.1. The highest BCUT2D eigenvalue weighted by Gasteiger charge is 2.43. The van der Waals surface area contributed by atoms with Gasteiger partial charge in [-0.3, -0.25) is 4.79 Å². The third-order valence-corrected chi connectivity index (χ3v) is 6.66. The first-order valence-corrected chi connectivity index (χ1v) is 11.0. The van der Waals surface area contributed by atoms with Crippen molar-refractivity contribution in [1.82, 2.24) is 4.90 Å². The molecule has 1 atom stereocenters. The molecule has 0 saturated carbocycles. The van der Waals surface area contributed by atoms with Gasteiger partial charge >= 0.3 is 5.97 Å². The van der Waals surface area contributed by atoms with Crippen molar-refractivity contribution in [2.24, 2.45) is 0 Å². The molecule has 1 fully saturated rings. The summed E-state index contributed by atoms with van der Waals surface area (Å²) in [6.45, 7) is 5.55. The second-order valence-electron chi connectivity index (χ2n) is 8.27. The summed E-state index contributed by atoms with van der Waals surface area (Å²) in [5, 5.41) is 9.73. The van der Waals surface area contributed by atoms with Gasteiger partial charge in [-0.1, -0.05) is 36.7 Å². The fourth-order valence-corrected chi connectivity index (χ4v) is 4.95. The van der Waals surface area contributed by atoms with Crippen LogP contribution in [-0.4, -0.2) is 42.2 Å². The van der Waals surface area contributed by atoms with Crippen molar-refractivity contribution in [3.8, 4) is 11.5 Å². The molecule has 0 bridgehead atoms. The molecule has 5 nitrogen and oxygen atoms in total. The average Bonchev–Trinajstić information content (AvgIpc) is 3.08. The maximum absolute atomic E-state index is 10.9. The van der Waals surface area contributed by atoms with Crippen molar-refractivity contribution >= 4 is 17.6 Å².